The molecule has 60 valence electrons. The van der Waals surface area contributed by atoms with Crippen LogP contribution in [0.3, 0.4) is 0 Å². The Bertz CT molecular complexity index is 207. The Labute approximate surface area is 70.3 Å². The van der Waals surface area contributed by atoms with E-state index in [9.17, 15) is 0 Å². The van der Waals surface area contributed by atoms with E-state index in [0.717, 1.165) is 18.5 Å². The van der Waals surface area contributed by atoms with Crippen LogP contribution in [0.15, 0.2) is 18.9 Å². The third-order valence-corrected chi connectivity index (χ3v) is 1.86. The van der Waals surface area contributed by atoms with E-state index in [1.807, 2.05) is 6.08 Å². The highest BCUT2D eigenvalue weighted by Gasteiger charge is 2.03. The van der Waals surface area contributed by atoms with Gasteiger partial charge in [-0.15, -0.1) is 6.58 Å². The largest absolute Gasteiger partial charge is 0.327 e. The van der Waals surface area contributed by atoms with Crippen molar-refractivity contribution in [3.05, 3.63) is 24.5 Å². The van der Waals surface area contributed by atoms with E-state index >= 15 is 0 Å². The van der Waals surface area contributed by atoms with E-state index in [-0.39, 0.29) is 6.04 Å². The van der Waals surface area contributed by atoms with Gasteiger partial charge < -0.3 is 5.73 Å². The third-order valence-electron chi connectivity index (χ3n) is 1.35. The molecule has 2 N–H and O–H groups in total. The maximum Gasteiger partial charge on any atom is 0.0758 e. The molecule has 1 heterocycles. The summed E-state index contributed by atoms with van der Waals surface area (Å²) in [6, 6.07) is 0.136. The quantitative estimate of drug-likeness (QED) is 0.684. The third kappa shape index (κ3) is 2.78. The second-order valence-electron chi connectivity index (χ2n) is 2.39. The minimum atomic E-state index is 0.136. The predicted molar refractivity (Wildman–Crippen MR) is 46.4 cm³/mol. The molecule has 0 aliphatic heterocycles. The lowest BCUT2D eigenvalue weighted by atomic mass is 10.1. The van der Waals surface area contributed by atoms with Crippen LogP contribution in [0, 0.1) is 0 Å². The second kappa shape index (κ2) is 4.20. The SMILES string of the molecule is C=CCC(N)Cc1cnsn1. The van der Waals surface area contributed by atoms with Crippen molar-refractivity contribution in [3.63, 3.8) is 0 Å². The molecule has 3 nitrogen and oxygen atoms in total. The van der Waals surface area contributed by atoms with Gasteiger partial charge in [0, 0.05) is 12.5 Å². The zero-order valence-electron chi connectivity index (χ0n) is 6.23. The normalized spacial score (nSPS) is 12.8. The van der Waals surface area contributed by atoms with Crippen molar-refractivity contribution >= 4 is 11.7 Å². The van der Waals surface area contributed by atoms with Gasteiger partial charge in [0.25, 0.3) is 0 Å². The Balaban J connectivity index is 2.37. The minimum absolute atomic E-state index is 0.136. The Morgan fingerprint density at radius 1 is 1.82 bits per heavy atom. The van der Waals surface area contributed by atoms with Crippen molar-refractivity contribution in [2.75, 3.05) is 0 Å². The van der Waals surface area contributed by atoms with Crippen molar-refractivity contribution < 1.29 is 0 Å². The lowest BCUT2D eigenvalue weighted by Gasteiger charge is -2.04. The summed E-state index contributed by atoms with van der Waals surface area (Å²) in [7, 11) is 0. The van der Waals surface area contributed by atoms with Gasteiger partial charge in [0.2, 0.25) is 0 Å². The van der Waals surface area contributed by atoms with Gasteiger partial charge in [0.1, 0.15) is 0 Å². The first kappa shape index (κ1) is 8.36. The highest BCUT2D eigenvalue weighted by Crippen LogP contribution is 2.01. The summed E-state index contributed by atoms with van der Waals surface area (Å²) >= 11 is 1.22. The molecular weight excluding hydrogens is 158 g/mol. The number of hydrogen-bond donors (Lipinski definition) is 1. The fourth-order valence-electron chi connectivity index (χ4n) is 0.840. The van der Waals surface area contributed by atoms with Gasteiger partial charge in [0.15, 0.2) is 0 Å². The first-order valence-corrected chi connectivity index (χ1v) is 4.19. The molecule has 0 saturated heterocycles. The topological polar surface area (TPSA) is 51.8 Å². The number of rotatable bonds is 4. The number of aromatic nitrogens is 2. The standard InChI is InChI=1S/C7H11N3S/c1-2-3-6(8)4-7-5-9-11-10-7/h2,5-6H,1,3-4,8H2. The fourth-order valence-corrected chi connectivity index (χ4v) is 1.28. The van der Waals surface area contributed by atoms with Crippen molar-refractivity contribution in [3.8, 4) is 0 Å². The summed E-state index contributed by atoms with van der Waals surface area (Å²) in [5, 5.41) is 0. The average Bonchev–Trinajstić information content (AvgIpc) is 2.40. The van der Waals surface area contributed by atoms with E-state index in [4.69, 9.17) is 5.73 Å². The van der Waals surface area contributed by atoms with Crippen molar-refractivity contribution in [2.45, 2.75) is 18.9 Å². The lowest BCUT2D eigenvalue weighted by Crippen LogP contribution is -2.21. The lowest BCUT2D eigenvalue weighted by molar-refractivity contribution is 0.671. The zero-order valence-corrected chi connectivity index (χ0v) is 7.05. The summed E-state index contributed by atoms with van der Waals surface area (Å²) in [4.78, 5) is 0. The van der Waals surface area contributed by atoms with E-state index < -0.39 is 0 Å². The van der Waals surface area contributed by atoms with Crippen LogP contribution in [-0.2, 0) is 6.42 Å². The van der Waals surface area contributed by atoms with Crippen LogP contribution in [0.5, 0.6) is 0 Å². The van der Waals surface area contributed by atoms with Crippen LogP contribution < -0.4 is 5.73 Å². The predicted octanol–water partition coefficient (Wildman–Crippen LogP) is 0.984. The van der Waals surface area contributed by atoms with Crippen LogP contribution >= 0.6 is 11.7 Å². The van der Waals surface area contributed by atoms with Crippen LogP contribution in [0.25, 0.3) is 0 Å². The molecular formula is C7H11N3S. The van der Waals surface area contributed by atoms with Gasteiger partial charge in [0.05, 0.1) is 23.6 Å². The minimum Gasteiger partial charge on any atom is -0.327 e. The monoisotopic (exact) mass is 169 g/mol. The molecule has 1 aromatic rings. The van der Waals surface area contributed by atoms with Crippen LogP contribution in [0.2, 0.25) is 0 Å². The molecule has 0 amide bonds. The molecule has 0 spiro atoms. The molecule has 0 bridgehead atoms. The van der Waals surface area contributed by atoms with E-state index in [0.29, 0.717) is 0 Å². The van der Waals surface area contributed by atoms with Crippen molar-refractivity contribution in [1.29, 1.82) is 0 Å². The maximum absolute atomic E-state index is 5.74. The fraction of sp³-hybridized carbons (Fsp3) is 0.429. The molecule has 0 radical (unpaired) electrons. The molecule has 1 atom stereocenters. The summed E-state index contributed by atoms with van der Waals surface area (Å²) < 4.78 is 7.94. The van der Waals surface area contributed by atoms with Gasteiger partial charge in [-0.05, 0) is 6.42 Å². The first-order valence-electron chi connectivity index (χ1n) is 3.46. The maximum atomic E-state index is 5.74. The first-order chi connectivity index (χ1) is 5.33. The van der Waals surface area contributed by atoms with Gasteiger partial charge in [-0.1, -0.05) is 6.08 Å². The van der Waals surface area contributed by atoms with Gasteiger partial charge >= 0.3 is 0 Å². The molecule has 0 aromatic carbocycles. The summed E-state index contributed by atoms with van der Waals surface area (Å²) in [6.45, 7) is 3.62. The Kier molecular flexibility index (Phi) is 3.19. The molecule has 0 aliphatic rings. The Morgan fingerprint density at radius 3 is 3.18 bits per heavy atom. The molecule has 0 fully saturated rings. The number of nitrogens with two attached hydrogens (primary N) is 1. The summed E-state index contributed by atoms with van der Waals surface area (Å²) in [6.07, 6.45) is 5.21. The highest BCUT2D eigenvalue weighted by atomic mass is 32.1. The number of hydrogen-bond acceptors (Lipinski definition) is 4. The molecule has 4 heteroatoms. The molecule has 0 saturated carbocycles. The smallest absolute Gasteiger partial charge is 0.0758 e. The summed E-state index contributed by atoms with van der Waals surface area (Å²) in [5.74, 6) is 0. The summed E-state index contributed by atoms with van der Waals surface area (Å²) in [5.41, 5.74) is 6.72. The van der Waals surface area contributed by atoms with Crippen molar-refractivity contribution in [1.82, 2.24) is 8.75 Å². The van der Waals surface area contributed by atoms with Gasteiger partial charge in [-0.25, -0.2) is 0 Å². The average molecular weight is 169 g/mol. The van der Waals surface area contributed by atoms with Gasteiger partial charge in [-0.2, -0.15) is 8.75 Å². The Hall–Kier alpha value is -0.740. The molecule has 1 aromatic heterocycles. The molecule has 11 heavy (non-hydrogen) atoms. The van der Waals surface area contributed by atoms with Crippen LogP contribution in [-0.4, -0.2) is 14.8 Å². The highest BCUT2D eigenvalue weighted by molar-refractivity contribution is 6.99. The molecule has 1 unspecified atom stereocenters. The van der Waals surface area contributed by atoms with Crippen LogP contribution in [0.4, 0.5) is 0 Å². The zero-order chi connectivity index (χ0) is 8.10. The van der Waals surface area contributed by atoms with Gasteiger partial charge in [-0.3, -0.25) is 0 Å². The van der Waals surface area contributed by atoms with E-state index in [1.165, 1.54) is 11.7 Å². The number of nitrogens with zero attached hydrogens (tertiary/aromatic N) is 2. The van der Waals surface area contributed by atoms with Crippen molar-refractivity contribution in [2.24, 2.45) is 5.73 Å². The van der Waals surface area contributed by atoms with E-state index in [2.05, 4.69) is 15.3 Å². The Morgan fingerprint density at radius 2 is 2.64 bits per heavy atom. The molecule has 0 aliphatic carbocycles. The second-order valence-corrected chi connectivity index (χ2v) is 2.94. The van der Waals surface area contributed by atoms with E-state index in [1.54, 1.807) is 6.20 Å². The molecule has 1 rings (SSSR count). The van der Waals surface area contributed by atoms with Crippen LogP contribution in [0.1, 0.15) is 12.1 Å².